The average molecular weight is 347 g/mol. The van der Waals surface area contributed by atoms with Crippen molar-refractivity contribution in [2.45, 2.75) is 13.0 Å². The molecular formula is C16H14FN3OS2. The third-order valence-electron chi connectivity index (χ3n) is 3.46. The molecule has 1 atom stereocenters. The molecule has 3 rings (SSSR count). The standard InChI is InChI=1S/C16H14FN3OS2/c1-9-13(15(21)19-11-6-3-2-5-10(11)17)14(20-16(22)18-9)12-7-4-8-23-12/h2-8,14H,1H3,(H,19,21)(H2,18,20,22)/t14-/m1/s1. The van der Waals surface area contributed by atoms with E-state index < -0.39 is 5.82 Å². The van der Waals surface area contributed by atoms with E-state index in [1.807, 2.05) is 17.5 Å². The van der Waals surface area contributed by atoms with Crippen molar-refractivity contribution in [2.75, 3.05) is 5.32 Å². The molecule has 7 heteroatoms. The fourth-order valence-electron chi connectivity index (χ4n) is 2.42. The number of thiophene rings is 1. The summed E-state index contributed by atoms with van der Waals surface area (Å²) in [5.74, 6) is -0.840. The van der Waals surface area contributed by atoms with Gasteiger partial charge in [0.1, 0.15) is 5.82 Å². The van der Waals surface area contributed by atoms with Crippen molar-refractivity contribution in [3.05, 3.63) is 63.7 Å². The van der Waals surface area contributed by atoms with Crippen LogP contribution in [0.4, 0.5) is 10.1 Å². The van der Waals surface area contributed by atoms with E-state index in [0.29, 0.717) is 16.4 Å². The summed E-state index contributed by atoms with van der Waals surface area (Å²) in [5, 5.41) is 11.1. The largest absolute Gasteiger partial charge is 0.350 e. The lowest BCUT2D eigenvalue weighted by Crippen LogP contribution is -2.45. The third kappa shape index (κ3) is 3.25. The Morgan fingerprint density at radius 1 is 1.30 bits per heavy atom. The second-order valence-electron chi connectivity index (χ2n) is 5.02. The summed E-state index contributed by atoms with van der Waals surface area (Å²) in [6.45, 7) is 1.78. The molecule has 118 valence electrons. The molecule has 0 unspecified atom stereocenters. The Balaban J connectivity index is 1.94. The Labute approximate surface area is 142 Å². The van der Waals surface area contributed by atoms with Crippen molar-refractivity contribution in [1.29, 1.82) is 0 Å². The topological polar surface area (TPSA) is 53.2 Å². The van der Waals surface area contributed by atoms with Gasteiger partial charge < -0.3 is 16.0 Å². The van der Waals surface area contributed by atoms with Gasteiger partial charge in [0.25, 0.3) is 5.91 Å². The van der Waals surface area contributed by atoms with Crippen LogP contribution in [0.1, 0.15) is 17.8 Å². The van der Waals surface area contributed by atoms with E-state index in [4.69, 9.17) is 12.2 Å². The zero-order valence-corrected chi connectivity index (χ0v) is 13.9. The summed E-state index contributed by atoms with van der Waals surface area (Å²) in [6, 6.07) is 9.57. The minimum absolute atomic E-state index is 0.149. The molecule has 1 aromatic carbocycles. The molecule has 0 fully saturated rings. The maximum Gasteiger partial charge on any atom is 0.255 e. The maximum atomic E-state index is 13.8. The van der Waals surface area contributed by atoms with Crippen LogP contribution in [0.15, 0.2) is 53.0 Å². The molecule has 1 aliphatic rings. The number of rotatable bonds is 3. The van der Waals surface area contributed by atoms with E-state index in [0.717, 1.165) is 4.88 Å². The number of allylic oxidation sites excluding steroid dienone is 1. The molecule has 0 saturated carbocycles. The molecule has 0 bridgehead atoms. The Hall–Kier alpha value is -2.25. The number of amides is 1. The van der Waals surface area contributed by atoms with Gasteiger partial charge in [0.05, 0.1) is 17.3 Å². The first kappa shape index (κ1) is 15.6. The predicted molar refractivity (Wildman–Crippen MR) is 93.7 cm³/mol. The predicted octanol–water partition coefficient (Wildman–Crippen LogP) is 3.32. The van der Waals surface area contributed by atoms with Crippen molar-refractivity contribution in [3.63, 3.8) is 0 Å². The van der Waals surface area contributed by atoms with Crippen LogP contribution >= 0.6 is 23.6 Å². The number of hydrogen-bond acceptors (Lipinski definition) is 3. The van der Waals surface area contributed by atoms with E-state index in [-0.39, 0.29) is 17.6 Å². The quantitative estimate of drug-likeness (QED) is 0.746. The van der Waals surface area contributed by atoms with Crippen LogP contribution in [-0.4, -0.2) is 11.0 Å². The van der Waals surface area contributed by atoms with Crippen molar-refractivity contribution in [1.82, 2.24) is 10.6 Å². The lowest BCUT2D eigenvalue weighted by Gasteiger charge is -2.29. The molecule has 2 heterocycles. The number of nitrogens with one attached hydrogen (secondary N) is 3. The van der Waals surface area contributed by atoms with Crippen molar-refractivity contribution in [3.8, 4) is 0 Å². The summed E-state index contributed by atoms with van der Waals surface area (Å²) >= 11 is 6.71. The molecule has 23 heavy (non-hydrogen) atoms. The molecule has 1 aliphatic heterocycles. The number of carbonyl (C=O) groups excluding carboxylic acids is 1. The fraction of sp³-hybridized carbons (Fsp3) is 0.125. The van der Waals surface area contributed by atoms with Gasteiger partial charge in [0.2, 0.25) is 0 Å². The van der Waals surface area contributed by atoms with Gasteiger partial charge in [0, 0.05) is 10.6 Å². The number of benzene rings is 1. The highest BCUT2D eigenvalue weighted by atomic mass is 32.1. The van der Waals surface area contributed by atoms with E-state index in [1.165, 1.54) is 23.5 Å². The van der Waals surface area contributed by atoms with Crippen LogP contribution in [0.25, 0.3) is 0 Å². The molecule has 1 aromatic heterocycles. The van der Waals surface area contributed by atoms with E-state index in [9.17, 15) is 9.18 Å². The molecule has 0 saturated heterocycles. The zero-order chi connectivity index (χ0) is 16.4. The number of hydrogen-bond donors (Lipinski definition) is 3. The highest BCUT2D eigenvalue weighted by Crippen LogP contribution is 2.30. The summed E-state index contributed by atoms with van der Waals surface area (Å²) in [6.07, 6.45) is 0. The first-order valence-electron chi connectivity index (χ1n) is 6.94. The van der Waals surface area contributed by atoms with Crippen molar-refractivity contribution < 1.29 is 9.18 Å². The Morgan fingerprint density at radius 3 is 2.78 bits per heavy atom. The number of carbonyl (C=O) groups is 1. The van der Waals surface area contributed by atoms with Crippen LogP contribution in [-0.2, 0) is 4.79 Å². The van der Waals surface area contributed by atoms with Crippen LogP contribution < -0.4 is 16.0 Å². The van der Waals surface area contributed by atoms with E-state index in [2.05, 4.69) is 16.0 Å². The smallest absolute Gasteiger partial charge is 0.255 e. The number of anilines is 1. The SMILES string of the molecule is CC1=C(C(=O)Nc2ccccc2F)[C@@H](c2cccs2)NC(=S)N1. The molecule has 0 spiro atoms. The Bertz CT molecular complexity index is 786. The van der Waals surface area contributed by atoms with Crippen LogP contribution in [0.2, 0.25) is 0 Å². The molecule has 0 aliphatic carbocycles. The normalized spacial score (nSPS) is 17.5. The highest BCUT2D eigenvalue weighted by molar-refractivity contribution is 7.80. The van der Waals surface area contributed by atoms with Gasteiger partial charge in [-0.3, -0.25) is 4.79 Å². The molecule has 0 radical (unpaired) electrons. The van der Waals surface area contributed by atoms with Gasteiger partial charge in [-0.05, 0) is 42.7 Å². The molecule has 1 amide bonds. The lowest BCUT2D eigenvalue weighted by atomic mass is 10.0. The summed E-state index contributed by atoms with van der Waals surface area (Å²) in [4.78, 5) is 13.7. The molecular weight excluding hydrogens is 333 g/mol. The van der Waals surface area contributed by atoms with Crippen LogP contribution in [0, 0.1) is 5.82 Å². The van der Waals surface area contributed by atoms with E-state index >= 15 is 0 Å². The molecule has 2 aromatic rings. The number of thiocarbonyl (C=S) groups is 1. The van der Waals surface area contributed by atoms with E-state index in [1.54, 1.807) is 19.1 Å². The first-order chi connectivity index (χ1) is 11.1. The zero-order valence-electron chi connectivity index (χ0n) is 12.2. The molecule has 3 N–H and O–H groups in total. The van der Waals surface area contributed by atoms with Crippen molar-refractivity contribution in [2.24, 2.45) is 0 Å². The Morgan fingerprint density at radius 2 is 2.09 bits per heavy atom. The van der Waals surface area contributed by atoms with Gasteiger partial charge in [-0.2, -0.15) is 0 Å². The minimum Gasteiger partial charge on any atom is -0.350 e. The van der Waals surface area contributed by atoms with Gasteiger partial charge in [-0.25, -0.2) is 4.39 Å². The summed E-state index contributed by atoms with van der Waals surface area (Å²) < 4.78 is 13.8. The summed E-state index contributed by atoms with van der Waals surface area (Å²) in [7, 11) is 0. The molecule has 4 nitrogen and oxygen atoms in total. The second kappa shape index (κ2) is 6.47. The fourth-order valence-corrected chi connectivity index (χ4v) is 3.47. The second-order valence-corrected chi connectivity index (χ2v) is 6.41. The van der Waals surface area contributed by atoms with Gasteiger partial charge in [-0.1, -0.05) is 18.2 Å². The third-order valence-corrected chi connectivity index (χ3v) is 4.62. The maximum absolute atomic E-state index is 13.8. The Kier molecular flexibility index (Phi) is 4.40. The first-order valence-corrected chi connectivity index (χ1v) is 8.22. The van der Waals surface area contributed by atoms with Gasteiger partial charge >= 0.3 is 0 Å². The summed E-state index contributed by atoms with van der Waals surface area (Å²) in [5.41, 5.74) is 1.29. The van der Waals surface area contributed by atoms with Crippen LogP contribution in [0.5, 0.6) is 0 Å². The number of para-hydroxylation sites is 1. The lowest BCUT2D eigenvalue weighted by molar-refractivity contribution is -0.113. The number of halogens is 1. The van der Waals surface area contributed by atoms with Gasteiger partial charge in [-0.15, -0.1) is 11.3 Å². The van der Waals surface area contributed by atoms with Crippen molar-refractivity contribution >= 4 is 40.3 Å². The monoisotopic (exact) mass is 347 g/mol. The highest BCUT2D eigenvalue weighted by Gasteiger charge is 2.30. The van der Waals surface area contributed by atoms with Gasteiger partial charge in [0.15, 0.2) is 5.11 Å². The minimum atomic E-state index is -0.473. The van der Waals surface area contributed by atoms with Crippen LogP contribution in [0.3, 0.4) is 0 Å². The average Bonchev–Trinajstić information content (AvgIpc) is 3.03.